The van der Waals surface area contributed by atoms with Crippen LogP contribution in [0.4, 0.5) is 0 Å². The van der Waals surface area contributed by atoms with Crippen LogP contribution in [-0.4, -0.2) is 18.0 Å². The Morgan fingerprint density at radius 3 is 2.58 bits per heavy atom. The molecule has 2 atom stereocenters. The standard InChI is InChI=1S/C9H18N2O/c1-6(10)4-8(12)11-7-5-9(7,2)3/h6-7H,4-5,10H2,1-3H3,(H,11,12). The number of carbonyl (C=O) groups excluding carboxylic acids is 1. The minimum absolute atomic E-state index is 0.0353. The van der Waals surface area contributed by atoms with E-state index in [4.69, 9.17) is 5.73 Å². The largest absolute Gasteiger partial charge is 0.353 e. The fraction of sp³-hybridized carbons (Fsp3) is 0.889. The molecule has 0 spiro atoms. The molecule has 0 aromatic heterocycles. The second-order valence-electron chi connectivity index (χ2n) is 4.49. The molecule has 12 heavy (non-hydrogen) atoms. The topological polar surface area (TPSA) is 55.1 Å². The number of nitrogens with one attached hydrogen (secondary N) is 1. The van der Waals surface area contributed by atoms with Crippen molar-refractivity contribution in [3.63, 3.8) is 0 Å². The molecule has 1 fully saturated rings. The third-order valence-corrected chi connectivity index (χ3v) is 2.36. The molecule has 0 radical (unpaired) electrons. The molecular weight excluding hydrogens is 152 g/mol. The lowest BCUT2D eigenvalue weighted by Gasteiger charge is -2.08. The van der Waals surface area contributed by atoms with Crippen LogP contribution in [0.1, 0.15) is 33.6 Å². The predicted molar refractivity (Wildman–Crippen MR) is 48.6 cm³/mol. The van der Waals surface area contributed by atoms with Gasteiger partial charge in [-0.05, 0) is 18.8 Å². The van der Waals surface area contributed by atoms with E-state index in [9.17, 15) is 4.79 Å². The number of rotatable bonds is 3. The first-order chi connectivity index (χ1) is 5.42. The second-order valence-corrected chi connectivity index (χ2v) is 4.49. The van der Waals surface area contributed by atoms with Crippen LogP contribution >= 0.6 is 0 Å². The quantitative estimate of drug-likeness (QED) is 0.653. The normalized spacial score (nSPS) is 27.8. The van der Waals surface area contributed by atoms with Gasteiger partial charge in [0.25, 0.3) is 0 Å². The van der Waals surface area contributed by atoms with Crippen LogP contribution in [-0.2, 0) is 4.79 Å². The third kappa shape index (κ3) is 2.48. The molecule has 3 N–H and O–H groups in total. The maximum atomic E-state index is 11.2. The second kappa shape index (κ2) is 3.05. The zero-order valence-electron chi connectivity index (χ0n) is 8.05. The van der Waals surface area contributed by atoms with Crippen LogP contribution in [0.15, 0.2) is 0 Å². The van der Waals surface area contributed by atoms with Crippen molar-refractivity contribution in [2.45, 2.75) is 45.7 Å². The minimum atomic E-state index is -0.0353. The lowest BCUT2D eigenvalue weighted by molar-refractivity contribution is -0.121. The molecule has 1 saturated carbocycles. The van der Waals surface area contributed by atoms with Gasteiger partial charge in [0.1, 0.15) is 0 Å². The summed E-state index contributed by atoms with van der Waals surface area (Å²) in [6.07, 6.45) is 1.53. The Balaban J connectivity index is 2.21. The summed E-state index contributed by atoms with van der Waals surface area (Å²) in [7, 11) is 0. The fourth-order valence-corrected chi connectivity index (χ4v) is 1.26. The molecule has 0 bridgehead atoms. The van der Waals surface area contributed by atoms with Crippen molar-refractivity contribution in [3.8, 4) is 0 Å². The monoisotopic (exact) mass is 170 g/mol. The average Bonchev–Trinajstić information content (AvgIpc) is 2.35. The summed E-state index contributed by atoms with van der Waals surface area (Å²) in [5.41, 5.74) is 5.81. The van der Waals surface area contributed by atoms with Gasteiger partial charge >= 0.3 is 0 Å². The van der Waals surface area contributed by atoms with E-state index in [0.29, 0.717) is 17.9 Å². The Kier molecular flexibility index (Phi) is 2.42. The summed E-state index contributed by atoms with van der Waals surface area (Å²) < 4.78 is 0. The van der Waals surface area contributed by atoms with E-state index >= 15 is 0 Å². The third-order valence-electron chi connectivity index (χ3n) is 2.36. The summed E-state index contributed by atoms with van der Waals surface area (Å²) in [6, 6.07) is 0.343. The molecule has 0 aromatic carbocycles. The van der Waals surface area contributed by atoms with Crippen molar-refractivity contribution in [2.75, 3.05) is 0 Å². The molecule has 0 heterocycles. The average molecular weight is 170 g/mol. The Morgan fingerprint density at radius 1 is 1.75 bits per heavy atom. The van der Waals surface area contributed by atoms with Crippen molar-refractivity contribution in [3.05, 3.63) is 0 Å². The van der Waals surface area contributed by atoms with E-state index in [2.05, 4.69) is 19.2 Å². The van der Waals surface area contributed by atoms with Crippen molar-refractivity contribution in [1.29, 1.82) is 0 Å². The molecule has 0 aromatic rings. The summed E-state index contributed by atoms with van der Waals surface area (Å²) in [5.74, 6) is 0.0839. The summed E-state index contributed by atoms with van der Waals surface area (Å²) in [6.45, 7) is 6.16. The Bertz CT molecular complexity index is 187. The van der Waals surface area contributed by atoms with E-state index < -0.39 is 0 Å². The van der Waals surface area contributed by atoms with Crippen molar-refractivity contribution >= 4 is 5.91 Å². The highest BCUT2D eigenvalue weighted by Crippen LogP contribution is 2.44. The number of amides is 1. The molecule has 0 saturated heterocycles. The van der Waals surface area contributed by atoms with Crippen LogP contribution in [0.3, 0.4) is 0 Å². The van der Waals surface area contributed by atoms with E-state index in [1.165, 1.54) is 0 Å². The molecule has 2 unspecified atom stereocenters. The molecule has 1 aliphatic rings. The van der Waals surface area contributed by atoms with Gasteiger partial charge in [-0.3, -0.25) is 4.79 Å². The van der Waals surface area contributed by atoms with Gasteiger partial charge in [-0.2, -0.15) is 0 Å². The lowest BCUT2D eigenvalue weighted by atomic mass is 10.2. The van der Waals surface area contributed by atoms with Crippen LogP contribution in [0.2, 0.25) is 0 Å². The highest BCUT2D eigenvalue weighted by atomic mass is 16.1. The molecule has 0 aliphatic heterocycles. The lowest BCUT2D eigenvalue weighted by Crippen LogP contribution is -2.32. The highest BCUT2D eigenvalue weighted by Gasteiger charge is 2.46. The summed E-state index contributed by atoms with van der Waals surface area (Å²) in [4.78, 5) is 11.2. The SMILES string of the molecule is CC(N)CC(=O)NC1CC1(C)C. The fourth-order valence-electron chi connectivity index (χ4n) is 1.26. The van der Waals surface area contributed by atoms with Crippen LogP contribution in [0, 0.1) is 5.41 Å². The zero-order valence-corrected chi connectivity index (χ0v) is 8.05. The number of hydrogen-bond acceptors (Lipinski definition) is 2. The van der Waals surface area contributed by atoms with Gasteiger partial charge < -0.3 is 11.1 Å². The van der Waals surface area contributed by atoms with Gasteiger partial charge in [-0.1, -0.05) is 13.8 Å². The molecular formula is C9H18N2O. The Labute approximate surface area is 73.7 Å². The predicted octanol–water partition coefficient (Wildman–Crippen LogP) is 0.638. The molecule has 3 nitrogen and oxygen atoms in total. The maximum Gasteiger partial charge on any atom is 0.221 e. The van der Waals surface area contributed by atoms with Crippen LogP contribution in [0.25, 0.3) is 0 Å². The van der Waals surface area contributed by atoms with Crippen molar-refractivity contribution < 1.29 is 4.79 Å². The number of hydrogen-bond donors (Lipinski definition) is 2. The Morgan fingerprint density at radius 2 is 2.25 bits per heavy atom. The van der Waals surface area contributed by atoms with Gasteiger partial charge in [0.05, 0.1) is 0 Å². The number of nitrogens with two attached hydrogens (primary N) is 1. The summed E-state index contributed by atoms with van der Waals surface area (Å²) in [5, 5.41) is 2.96. The molecule has 3 heteroatoms. The highest BCUT2D eigenvalue weighted by molar-refractivity contribution is 5.77. The van der Waals surface area contributed by atoms with E-state index in [-0.39, 0.29) is 11.9 Å². The van der Waals surface area contributed by atoms with Gasteiger partial charge in [0.15, 0.2) is 0 Å². The molecule has 1 amide bonds. The Hall–Kier alpha value is -0.570. The molecule has 1 aliphatic carbocycles. The van der Waals surface area contributed by atoms with E-state index in [1.807, 2.05) is 6.92 Å². The van der Waals surface area contributed by atoms with Gasteiger partial charge in [0.2, 0.25) is 5.91 Å². The van der Waals surface area contributed by atoms with Crippen molar-refractivity contribution in [2.24, 2.45) is 11.1 Å². The van der Waals surface area contributed by atoms with Gasteiger partial charge in [-0.25, -0.2) is 0 Å². The summed E-state index contributed by atoms with van der Waals surface area (Å²) >= 11 is 0. The maximum absolute atomic E-state index is 11.2. The first kappa shape index (κ1) is 9.52. The van der Waals surface area contributed by atoms with E-state index in [0.717, 1.165) is 6.42 Å². The van der Waals surface area contributed by atoms with Crippen LogP contribution in [0.5, 0.6) is 0 Å². The molecule has 70 valence electrons. The van der Waals surface area contributed by atoms with Crippen molar-refractivity contribution in [1.82, 2.24) is 5.32 Å². The molecule has 1 rings (SSSR count). The van der Waals surface area contributed by atoms with Gasteiger partial charge in [-0.15, -0.1) is 0 Å². The first-order valence-electron chi connectivity index (χ1n) is 4.47. The smallest absolute Gasteiger partial charge is 0.221 e. The minimum Gasteiger partial charge on any atom is -0.353 e. The zero-order chi connectivity index (χ0) is 9.35. The van der Waals surface area contributed by atoms with Gasteiger partial charge in [0, 0.05) is 18.5 Å². The van der Waals surface area contributed by atoms with E-state index in [1.54, 1.807) is 0 Å². The van der Waals surface area contributed by atoms with Crippen LogP contribution < -0.4 is 11.1 Å². The first-order valence-corrected chi connectivity index (χ1v) is 4.47. The number of carbonyl (C=O) groups is 1.